The number of fused-ring (bicyclic) bond motifs is 4. The molecule has 4 N–H and O–H groups in total. The van der Waals surface area contributed by atoms with Gasteiger partial charge >= 0.3 is 0 Å². The minimum Gasteiger partial charge on any atom is -0.345 e. The minimum atomic E-state index is -1.03. The lowest BCUT2D eigenvalue weighted by Crippen LogP contribution is -2.60. The van der Waals surface area contributed by atoms with E-state index in [1.807, 2.05) is 71.9 Å². The molecule has 54 heavy (non-hydrogen) atoms. The predicted molar refractivity (Wildman–Crippen MR) is 206 cm³/mol. The van der Waals surface area contributed by atoms with Crippen LogP contribution in [0.1, 0.15) is 114 Å². The van der Waals surface area contributed by atoms with E-state index in [1.165, 1.54) is 16.2 Å². The minimum absolute atomic E-state index is 0.0394. The number of amides is 6. The first kappa shape index (κ1) is 40.8. The molecule has 2 aromatic rings. The van der Waals surface area contributed by atoms with Crippen LogP contribution < -0.4 is 21.3 Å². The summed E-state index contributed by atoms with van der Waals surface area (Å²) in [5.74, 6) is -3.10. The van der Waals surface area contributed by atoms with E-state index < -0.39 is 59.9 Å². The van der Waals surface area contributed by atoms with Gasteiger partial charge in [0.1, 0.15) is 40.9 Å². The Morgan fingerprint density at radius 1 is 0.685 bits per heavy atom. The fourth-order valence-electron chi connectivity index (χ4n) is 7.61. The largest absolute Gasteiger partial charge is 0.345 e. The SMILES string of the molecule is CC[C@H](C)[C@@H]1NC(=O)c2csc(n2)[C@H]([C@@H](C)CC)NC(=O)[C@@H]2CCCN2C(=O)[C@H]([C@@H](C)CC)NC(=O)[C@@H]2CCCN2C(=O)[C@H](Cc2ccccc2)NC1=O. The van der Waals surface area contributed by atoms with Crippen LogP contribution >= 0.6 is 11.3 Å². The molecule has 2 saturated heterocycles. The van der Waals surface area contributed by atoms with Gasteiger partial charge in [0.25, 0.3) is 5.91 Å². The number of thiazole rings is 1. The zero-order valence-corrected chi connectivity index (χ0v) is 33.2. The van der Waals surface area contributed by atoms with Gasteiger partial charge in [0.2, 0.25) is 29.5 Å². The molecule has 4 heterocycles. The quantitative estimate of drug-likeness (QED) is 0.318. The summed E-state index contributed by atoms with van der Waals surface area (Å²) in [6, 6.07) is 4.34. The summed E-state index contributed by atoms with van der Waals surface area (Å²) < 4.78 is 0. The maximum atomic E-state index is 14.5. The van der Waals surface area contributed by atoms with Crippen molar-refractivity contribution in [2.24, 2.45) is 17.8 Å². The van der Waals surface area contributed by atoms with Crippen LogP contribution in [0.2, 0.25) is 0 Å². The lowest BCUT2D eigenvalue weighted by molar-refractivity contribution is -0.145. The molecule has 6 amide bonds. The van der Waals surface area contributed by atoms with Crippen molar-refractivity contribution in [1.29, 1.82) is 0 Å². The maximum absolute atomic E-state index is 14.5. The number of carbonyl (C=O) groups is 6. The van der Waals surface area contributed by atoms with Gasteiger partial charge in [-0.2, -0.15) is 0 Å². The maximum Gasteiger partial charge on any atom is 0.271 e. The number of hydrogen-bond donors (Lipinski definition) is 4. The molecule has 14 heteroatoms. The number of carbonyl (C=O) groups excluding carboxylic acids is 6. The summed E-state index contributed by atoms with van der Waals surface area (Å²) >= 11 is 1.26. The van der Waals surface area contributed by atoms with Crippen molar-refractivity contribution in [3.05, 3.63) is 52.0 Å². The number of benzene rings is 1. The van der Waals surface area contributed by atoms with E-state index >= 15 is 0 Å². The molecule has 0 radical (unpaired) electrons. The monoisotopic (exact) mass is 763 g/mol. The van der Waals surface area contributed by atoms with Gasteiger partial charge in [0.05, 0.1) is 6.04 Å². The molecule has 3 aliphatic heterocycles. The normalized spacial score (nSPS) is 27.8. The van der Waals surface area contributed by atoms with E-state index in [2.05, 4.69) is 26.3 Å². The van der Waals surface area contributed by atoms with Crippen LogP contribution in [0.3, 0.4) is 0 Å². The lowest BCUT2D eigenvalue weighted by atomic mass is 9.96. The molecule has 3 aliphatic rings. The highest BCUT2D eigenvalue weighted by atomic mass is 32.1. The smallest absolute Gasteiger partial charge is 0.271 e. The Hall–Kier alpha value is -4.33. The third kappa shape index (κ3) is 9.13. The Morgan fingerprint density at radius 3 is 1.81 bits per heavy atom. The Bertz CT molecular complexity index is 1670. The molecule has 2 fully saturated rings. The highest BCUT2D eigenvalue weighted by molar-refractivity contribution is 7.09. The average Bonchev–Trinajstić information content (AvgIpc) is 3.98. The van der Waals surface area contributed by atoms with Crippen LogP contribution in [0.5, 0.6) is 0 Å². The zero-order valence-electron chi connectivity index (χ0n) is 32.4. The van der Waals surface area contributed by atoms with Crippen molar-refractivity contribution < 1.29 is 28.8 Å². The van der Waals surface area contributed by atoms with Crippen LogP contribution in [0.4, 0.5) is 0 Å². The molecule has 1 aromatic carbocycles. The Balaban J connectivity index is 1.57. The average molecular weight is 764 g/mol. The van der Waals surface area contributed by atoms with Crippen molar-refractivity contribution in [3.63, 3.8) is 0 Å². The highest BCUT2D eigenvalue weighted by Gasteiger charge is 2.44. The third-order valence-corrected chi connectivity index (χ3v) is 12.6. The fourth-order valence-corrected chi connectivity index (χ4v) is 8.59. The van der Waals surface area contributed by atoms with Crippen molar-refractivity contribution in [1.82, 2.24) is 36.1 Å². The van der Waals surface area contributed by atoms with Gasteiger partial charge in [-0.15, -0.1) is 11.3 Å². The summed E-state index contributed by atoms with van der Waals surface area (Å²) in [7, 11) is 0. The molecule has 5 rings (SSSR count). The summed E-state index contributed by atoms with van der Waals surface area (Å²) in [4.78, 5) is 92.7. The zero-order chi connectivity index (χ0) is 39.1. The van der Waals surface area contributed by atoms with E-state index in [1.54, 1.807) is 10.3 Å². The van der Waals surface area contributed by atoms with Crippen molar-refractivity contribution >= 4 is 46.8 Å². The Morgan fingerprint density at radius 2 is 1.22 bits per heavy atom. The molecular formula is C40H57N7O6S. The predicted octanol–water partition coefficient (Wildman–Crippen LogP) is 3.75. The molecule has 1 aromatic heterocycles. The first-order valence-corrected chi connectivity index (χ1v) is 20.6. The summed E-state index contributed by atoms with van der Waals surface area (Å²) in [6.07, 6.45) is 4.16. The summed E-state index contributed by atoms with van der Waals surface area (Å²) in [5, 5.41) is 14.2. The van der Waals surface area contributed by atoms with Gasteiger partial charge < -0.3 is 31.1 Å². The molecule has 0 saturated carbocycles. The van der Waals surface area contributed by atoms with Crippen LogP contribution in [-0.4, -0.2) is 93.5 Å². The number of nitrogens with zero attached hydrogens (tertiary/aromatic N) is 3. The van der Waals surface area contributed by atoms with Gasteiger partial charge in [-0.25, -0.2) is 4.98 Å². The van der Waals surface area contributed by atoms with Gasteiger partial charge in [0.15, 0.2) is 0 Å². The van der Waals surface area contributed by atoms with Crippen LogP contribution in [0.25, 0.3) is 0 Å². The van der Waals surface area contributed by atoms with Gasteiger partial charge in [-0.3, -0.25) is 28.8 Å². The highest BCUT2D eigenvalue weighted by Crippen LogP contribution is 2.30. The first-order chi connectivity index (χ1) is 25.9. The van der Waals surface area contributed by atoms with Crippen LogP contribution in [0, 0.1) is 17.8 Å². The van der Waals surface area contributed by atoms with Gasteiger partial charge in [-0.05, 0) is 49.0 Å². The second kappa shape index (κ2) is 18.3. The fraction of sp³-hybridized carbons (Fsp3) is 0.625. The molecular weight excluding hydrogens is 707 g/mol. The standard InChI is InChI=1S/C40H57N7O6S/c1-7-23(4)31-37(51)41-27(21-26-15-11-10-12-16-26)39(52)46-19-13-17-29(46)36(50)45-33(25(6)9-3)40(53)47-20-14-18-30(47)35(49)44-32(24(5)8-2)38-42-28(22-54-38)34(48)43-31/h10-12,15-16,22-25,27,29-33H,7-9,13-14,17-21H2,1-6H3,(H,41,51)(H,43,48)(H,44,49)(H,45,50)/t23-,24-,25-,27-,29-,30-,31-,32-,33-/m0/s1. The van der Waals surface area contributed by atoms with Gasteiger partial charge in [0, 0.05) is 24.9 Å². The van der Waals surface area contributed by atoms with Gasteiger partial charge in [-0.1, -0.05) is 91.1 Å². The Kier molecular flexibility index (Phi) is 13.9. The number of hydrogen-bond acceptors (Lipinski definition) is 8. The van der Waals surface area contributed by atoms with E-state index in [0.717, 1.165) is 12.0 Å². The van der Waals surface area contributed by atoms with E-state index in [9.17, 15) is 28.8 Å². The van der Waals surface area contributed by atoms with E-state index in [4.69, 9.17) is 0 Å². The molecule has 9 atom stereocenters. The second-order valence-corrected chi connectivity index (χ2v) is 16.2. The second-order valence-electron chi connectivity index (χ2n) is 15.3. The lowest BCUT2D eigenvalue weighted by Gasteiger charge is -2.34. The van der Waals surface area contributed by atoms with Crippen LogP contribution in [0.15, 0.2) is 35.7 Å². The number of nitrogens with one attached hydrogen (secondary N) is 4. The first-order valence-electron chi connectivity index (χ1n) is 19.7. The number of aromatic nitrogens is 1. The molecule has 13 nitrogen and oxygen atoms in total. The molecule has 0 aliphatic carbocycles. The molecule has 294 valence electrons. The van der Waals surface area contributed by atoms with Crippen LogP contribution in [-0.2, 0) is 30.4 Å². The van der Waals surface area contributed by atoms with Crippen molar-refractivity contribution in [2.75, 3.05) is 13.1 Å². The summed E-state index contributed by atoms with van der Waals surface area (Å²) in [5.41, 5.74) is 0.947. The Labute approximate surface area is 322 Å². The van der Waals surface area contributed by atoms with Crippen molar-refractivity contribution in [3.8, 4) is 0 Å². The topological polar surface area (TPSA) is 170 Å². The summed E-state index contributed by atoms with van der Waals surface area (Å²) in [6.45, 7) is 12.3. The van der Waals surface area contributed by atoms with E-state index in [-0.39, 0.29) is 41.7 Å². The molecule has 2 bridgehead atoms. The van der Waals surface area contributed by atoms with Crippen molar-refractivity contribution in [2.45, 2.75) is 129 Å². The van der Waals surface area contributed by atoms with E-state index in [0.29, 0.717) is 56.6 Å². The number of rotatable bonds is 8. The molecule has 0 unspecified atom stereocenters. The third-order valence-electron chi connectivity index (χ3n) is 11.7. The molecule has 0 spiro atoms.